The van der Waals surface area contributed by atoms with Gasteiger partial charge in [0, 0.05) is 19.5 Å². The summed E-state index contributed by atoms with van der Waals surface area (Å²) in [7, 11) is -4.67. The van der Waals surface area contributed by atoms with Crippen molar-refractivity contribution < 1.29 is 37.0 Å². The summed E-state index contributed by atoms with van der Waals surface area (Å²) in [5.41, 5.74) is 31.8. The normalized spacial score (nSPS) is 7.22. The predicted octanol–water partition coefficient (Wildman–Crippen LogP) is 0.191. The van der Waals surface area contributed by atoms with E-state index < -0.39 is 10.4 Å². The molecule has 0 aliphatic heterocycles. The predicted molar refractivity (Wildman–Crippen MR) is 77.5 cm³/mol. The van der Waals surface area contributed by atoms with Crippen molar-refractivity contribution in [2.45, 2.75) is 0 Å². The molecular weight excluding hydrogens is 378 g/mol. The molecule has 0 saturated carbocycles. The Balaban J connectivity index is -0.0000000412. The number of thiocarbonyl (C=S) groups is 3. The number of rotatable bonds is 0. The average Bonchev–Trinajstić information content (AvgIpc) is 1.73. The minimum absolute atomic E-state index is 0. The van der Waals surface area contributed by atoms with Crippen molar-refractivity contribution in [2.24, 2.45) is 17.2 Å². The zero-order valence-corrected chi connectivity index (χ0v) is 15.0. The van der Waals surface area contributed by atoms with Crippen LogP contribution in [0.5, 0.6) is 0 Å². The van der Waals surface area contributed by atoms with E-state index in [2.05, 4.69) is 53.9 Å². The first-order chi connectivity index (χ1) is 7.20. The average molecular weight is 389 g/mol. The van der Waals surface area contributed by atoms with Crippen molar-refractivity contribution in [3.05, 3.63) is 17.2 Å². The molecule has 106 valence electrons. The van der Waals surface area contributed by atoms with Gasteiger partial charge in [-0.05, 0) is 15.3 Å². The van der Waals surface area contributed by atoms with Crippen LogP contribution in [0.15, 0.2) is 0 Å². The maximum Gasteiger partial charge on any atom is 0.394 e. The van der Waals surface area contributed by atoms with Crippen LogP contribution in [0.4, 0.5) is 0 Å². The molecular formula is C3H11N6O4S4Zn-3. The SMILES string of the molecule is O=S(=O)(O)O.[NH-]C(N)=S.[NH-]C(N)=S.[NH-]C(N)=S.[Zn]. The Kier molecular flexibility index (Phi) is 32.1. The third-order valence-corrected chi connectivity index (χ3v) is 0. The monoisotopic (exact) mass is 387 g/mol. The fraction of sp³-hybridized carbons (Fsp3) is 0. The molecule has 0 bridgehead atoms. The summed E-state index contributed by atoms with van der Waals surface area (Å²) in [4.78, 5) is 0. The quantitative estimate of drug-likeness (QED) is 0.215. The number of nitrogens with one attached hydrogen (secondary N) is 3. The van der Waals surface area contributed by atoms with Crippen LogP contribution in [-0.2, 0) is 29.9 Å². The van der Waals surface area contributed by atoms with Crippen molar-refractivity contribution in [1.82, 2.24) is 0 Å². The van der Waals surface area contributed by atoms with E-state index in [0.717, 1.165) is 0 Å². The maximum atomic E-state index is 8.74. The molecule has 0 atom stereocenters. The molecule has 10 nitrogen and oxygen atoms in total. The summed E-state index contributed by atoms with van der Waals surface area (Å²) in [6.07, 6.45) is 0. The molecule has 0 aromatic carbocycles. The van der Waals surface area contributed by atoms with Gasteiger partial charge in [0.05, 0.1) is 0 Å². The summed E-state index contributed by atoms with van der Waals surface area (Å²) >= 11 is 11.9. The summed E-state index contributed by atoms with van der Waals surface area (Å²) in [5, 5.41) is -0.750. The molecule has 0 aliphatic carbocycles. The van der Waals surface area contributed by atoms with Crippen LogP contribution in [0.1, 0.15) is 0 Å². The summed E-state index contributed by atoms with van der Waals surface area (Å²) in [6.45, 7) is 0. The van der Waals surface area contributed by atoms with E-state index in [4.69, 9.17) is 34.7 Å². The Morgan fingerprint density at radius 2 is 0.833 bits per heavy atom. The molecule has 0 radical (unpaired) electrons. The number of hydrogen-bond donors (Lipinski definition) is 5. The second kappa shape index (κ2) is 18.9. The molecule has 0 rings (SSSR count). The van der Waals surface area contributed by atoms with Crippen molar-refractivity contribution >= 4 is 62.4 Å². The molecule has 11 N–H and O–H groups in total. The topological polar surface area (TPSA) is 224 Å². The second-order valence-electron chi connectivity index (χ2n) is 1.54. The maximum absolute atomic E-state index is 8.74. The van der Waals surface area contributed by atoms with E-state index in [-0.39, 0.29) is 34.8 Å². The van der Waals surface area contributed by atoms with Crippen molar-refractivity contribution in [1.29, 1.82) is 0 Å². The van der Waals surface area contributed by atoms with Crippen LogP contribution in [0.3, 0.4) is 0 Å². The molecule has 0 aromatic heterocycles. The van der Waals surface area contributed by atoms with Gasteiger partial charge in [0.1, 0.15) is 0 Å². The molecule has 15 heteroatoms. The zero-order chi connectivity index (χ0) is 15.2. The Bertz CT molecular complexity index is 285. The molecule has 0 aliphatic rings. The van der Waals surface area contributed by atoms with Gasteiger partial charge in [0.25, 0.3) is 0 Å². The minimum Gasteiger partial charge on any atom is -0.486 e. The fourth-order valence-electron chi connectivity index (χ4n) is 0. The van der Waals surface area contributed by atoms with Gasteiger partial charge >= 0.3 is 10.4 Å². The molecule has 18 heavy (non-hydrogen) atoms. The first-order valence-electron chi connectivity index (χ1n) is 2.93. The van der Waals surface area contributed by atoms with E-state index in [1.54, 1.807) is 0 Å². The summed E-state index contributed by atoms with van der Waals surface area (Å²) in [5.74, 6) is 0. The van der Waals surface area contributed by atoms with Crippen LogP contribution >= 0.6 is 36.7 Å². The smallest absolute Gasteiger partial charge is 0.394 e. The van der Waals surface area contributed by atoms with E-state index in [1.165, 1.54) is 0 Å². The van der Waals surface area contributed by atoms with Gasteiger partial charge in [-0.3, -0.25) is 9.11 Å². The van der Waals surface area contributed by atoms with Crippen LogP contribution in [-0.4, -0.2) is 32.9 Å². The van der Waals surface area contributed by atoms with Gasteiger partial charge in [-0.25, -0.2) is 0 Å². The summed E-state index contributed by atoms with van der Waals surface area (Å²) < 4.78 is 31.6. The molecule has 0 spiro atoms. The molecule has 0 aromatic rings. The third-order valence-electron chi connectivity index (χ3n) is 0. The van der Waals surface area contributed by atoms with E-state index >= 15 is 0 Å². The van der Waals surface area contributed by atoms with E-state index in [1.807, 2.05) is 0 Å². The first kappa shape index (κ1) is 30.5. The van der Waals surface area contributed by atoms with Gasteiger partial charge < -0.3 is 34.4 Å². The Labute approximate surface area is 133 Å². The van der Waals surface area contributed by atoms with Crippen LogP contribution in [0, 0.1) is 0 Å². The number of hydrogen-bond acceptors (Lipinski definition) is 5. The summed E-state index contributed by atoms with van der Waals surface area (Å²) in [6, 6.07) is 0. The molecule has 0 heterocycles. The van der Waals surface area contributed by atoms with Crippen LogP contribution in [0.2, 0.25) is 0 Å². The van der Waals surface area contributed by atoms with Crippen molar-refractivity contribution in [2.75, 3.05) is 0 Å². The largest absolute Gasteiger partial charge is 0.486 e. The van der Waals surface area contributed by atoms with Crippen LogP contribution < -0.4 is 17.2 Å². The molecule has 0 unspecified atom stereocenters. The van der Waals surface area contributed by atoms with Crippen molar-refractivity contribution in [3.63, 3.8) is 0 Å². The van der Waals surface area contributed by atoms with Gasteiger partial charge in [0.15, 0.2) is 0 Å². The molecule has 0 amide bonds. The minimum atomic E-state index is -4.67. The van der Waals surface area contributed by atoms with Gasteiger partial charge in [-0.2, -0.15) is 8.42 Å². The van der Waals surface area contributed by atoms with Gasteiger partial charge in [0.2, 0.25) is 0 Å². The van der Waals surface area contributed by atoms with E-state index in [9.17, 15) is 0 Å². The molecule has 0 saturated heterocycles. The Hall–Kier alpha value is -0.437. The second-order valence-corrected chi connectivity index (χ2v) is 3.76. The van der Waals surface area contributed by atoms with Gasteiger partial charge in [-0.15, -0.1) is 0 Å². The van der Waals surface area contributed by atoms with Gasteiger partial charge in [-0.1, -0.05) is 36.7 Å². The number of nitrogens with two attached hydrogens (primary N) is 3. The fourth-order valence-corrected chi connectivity index (χ4v) is 0. The zero-order valence-electron chi connectivity index (χ0n) is 8.78. The van der Waals surface area contributed by atoms with Crippen LogP contribution in [0.25, 0.3) is 17.2 Å². The Morgan fingerprint density at radius 1 is 0.833 bits per heavy atom. The third kappa shape index (κ3) is 17300. The standard InChI is InChI=1S/3CH4N2S.H2O4S.Zn/c3*2-1(3)4;1-5(2,3)4;/h3*(H4,2,3,4);(H2,1,2,3,4);/p-3. The van der Waals surface area contributed by atoms with E-state index in [0.29, 0.717) is 0 Å². The van der Waals surface area contributed by atoms with Crippen molar-refractivity contribution in [3.8, 4) is 0 Å². The first-order valence-corrected chi connectivity index (χ1v) is 5.55. The Morgan fingerprint density at radius 3 is 0.833 bits per heavy atom. The molecule has 0 fully saturated rings.